The number of anilines is 1. The van der Waals surface area contributed by atoms with Crippen LogP contribution in [0.3, 0.4) is 0 Å². The van der Waals surface area contributed by atoms with Gasteiger partial charge in [0.2, 0.25) is 5.91 Å². The molecule has 0 aliphatic heterocycles. The number of benzene rings is 3. The number of hydrogen-bond acceptors (Lipinski definition) is 2. The Bertz CT molecular complexity index is 925. The fourth-order valence-corrected chi connectivity index (χ4v) is 2.98. The second-order valence-electron chi connectivity index (χ2n) is 6.77. The van der Waals surface area contributed by atoms with Crippen LogP contribution in [0.4, 0.5) is 10.5 Å². The zero-order valence-corrected chi connectivity index (χ0v) is 16.4. The van der Waals surface area contributed by atoms with Crippen molar-refractivity contribution in [1.29, 1.82) is 0 Å². The van der Waals surface area contributed by atoms with Crippen LogP contribution in [0.2, 0.25) is 0 Å². The minimum Gasteiger partial charge on any atom is -0.350 e. The molecule has 0 bridgehead atoms. The number of nitrogens with one attached hydrogen (secondary N) is 3. The Balaban J connectivity index is 1.42. The van der Waals surface area contributed by atoms with Gasteiger partial charge >= 0.3 is 6.03 Å². The van der Waals surface area contributed by atoms with E-state index < -0.39 is 0 Å². The van der Waals surface area contributed by atoms with Gasteiger partial charge in [0.05, 0.1) is 6.04 Å². The van der Waals surface area contributed by atoms with Crippen molar-refractivity contribution in [3.8, 4) is 11.1 Å². The van der Waals surface area contributed by atoms with E-state index in [0.717, 1.165) is 16.7 Å². The summed E-state index contributed by atoms with van der Waals surface area (Å²) in [5.41, 5.74) is 4.05. The van der Waals surface area contributed by atoms with E-state index in [1.54, 1.807) is 12.1 Å². The molecular weight excluding hydrogens is 362 g/mol. The van der Waals surface area contributed by atoms with Crippen molar-refractivity contribution in [3.05, 3.63) is 90.5 Å². The summed E-state index contributed by atoms with van der Waals surface area (Å²) >= 11 is 0. The SMILES string of the molecule is CC(NC(=O)CCNC(=O)Nc1ccccc1)c1ccc(-c2ccccc2)cc1. The molecule has 0 saturated heterocycles. The topological polar surface area (TPSA) is 70.2 Å². The van der Waals surface area contributed by atoms with Gasteiger partial charge in [-0.2, -0.15) is 0 Å². The van der Waals surface area contributed by atoms with Crippen molar-refractivity contribution < 1.29 is 9.59 Å². The number of amides is 3. The second-order valence-corrected chi connectivity index (χ2v) is 6.77. The van der Waals surface area contributed by atoms with E-state index in [-0.39, 0.29) is 30.9 Å². The van der Waals surface area contributed by atoms with E-state index >= 15 is 0 Å². The highest BCUT2D eigenvalue weighted by molar-refractivity contribution is 5.89. The Hall–Kier alpha value is -3.60. The van der Waals surface area contributed by atoms with Crippen molar-refractivity contribution in [2.24, 2.45) is 0 Å². The third kappa shape index (κ3) is 6.21. The third-order valence-corrected chi connectivity index (χ3v) is 4.56. The lowest BCUT2D eigenvalue weighted by Gasteiger charge is -2.15. The zero-order chi connectivity index (χ0) is 20.5. The summed E-state index contributed by atoms with van der Waals surface area (Å²) in [6, 6.07) is 27.1. The summed E-state index contributed by atoms with van der Waals surface area (Å²) in [7, 11) is 0. The molecule has 1 unspecified atom stereocenters. The number of para-hydroxylation sites is 1. The van der Waals surface area contributed by atoms with Gasteiger partial charge in [0.25, 0.3) is 0 Å². The molecule has 29 heavy (non-hydrogen) atoms. The van der Waals surface area contributed by atoms with Crippen molar-refractivity contribution in [3.63, 3.8) is 0 Å². The first-order valence-corrected chi connectivity index (χ1v) is 9.66. The molecule has 0 radical (unpaired) electrons. The van der Waals surface area contributed by atoms with Gasteiger partial charge in [-0.1, -0.05) is 72.8 Å². The van der Waals surface area contributed by atoms with Crippen LogP contribution < -0.4 is 16.0 Å². The lowest BCUT2D eigenvalue weighted by atomic mass is 10.0. The lowest BCUT2D eigenvalue weighted by molar-refractivity contribution is -0.121. The quantitative estimate of drug-likeness (QED) is 0.548. The largest absolute Gasteiger partial charge is 0.350 e. The fraction of sp³-hybridized carbons (Fsp3) is 0.167. The summed E-state index contributed by atoms with van der Waals surface area (Å²) in [5.74, 6) is -0.107. The molecule has 3 aromatic rings. The fourth-order valence-electron chi connectivity index (χ4n) is 2.98. The van der Waals surface area contributed by atoms with Crippen molar-refractivity contribution >= 4 is 17.6 Å². The molecule has 0 spiro atoms. The van der Waals surface area contributed by atoms with Gasteiger partial charge in [0.15, 0.2) is 0 Å². The molecule has 148 valence electrons. The maximum atomic E-state index is 12.2. The van der Waals surface area contributed by atoms with Crippen molar-refractivity contribution in [2.45, 2.75) is 19.4 Å². The van der Waals surface area contributed by atoms with Crippen LogP contribution >= 0.6 is 0 Å². The average Bonchev–Trinajstić information content (AvgIpc) is 2.75. The molecule has 0 aliphatic carbocycles. The van der Waals surface area contributed by atoms with Gasteiger partial charge in [-0.25, -0.2) is 4.79 Å². The molecule has 3 rings (SSSR count). The van der Waals surface area contributed by atoms with Crippen LogP contribution in [0.5, 0.6) is 0 Å². The standard InChI is InChI=1S/C24H25N3O2/c1-18(19-12-14-21(15-13-19)20-8-4-2-5-9-20)26-23(28)16-17-25-24(29)27-22-10-6-3-7-11-22/h2-15,18H,16-17H2,1H3,(H,26,28)(H2,25,27,29). The summed E-state index contributed by atoms with van der Waals surface area (Å²) < 4.78 is 0. The van der Waals surface area contributed by atoms with Crippen molar-refractivity contribution in [2.75, 3.05) is 11.9 Å². The normalized spacial score (nSPS) is 11.3. The highest BCUT2D eigenvalue weighted by atomic mass is 16.2. The molecular formula is C24H25N3O2. The van der Waals surface area contributed by atoms with Gasteiger partial charge in [-0.05, 0) is 35.7 Å². The minimum absolute atomic E-state index is 0.106. The van der Waals surface area contributed by atoms with Crippen LogP contribution in [-0.4, -0.2) is 18.5 Å². The van der Waals surface area contributed by atoms with Gasteiger partial charge < -0.3 is 16.0 Å². The Labute approximate surface area is 171 Å². The molecule has 0 fully saturated rings. The number of rotatable bonds is 7. The number of urea groups is 1. The van der Waals surface area contributed by atoms with Gasteiger partial charge in [-0.3, -0.25) is 4.79 Å². The second kappa shape index (κ2) is 10.1. The smallest absolute Gasteiger partial charge is 0.319 e. The van der Waals surface area contributed by atoms with Crippen LogP contribution in [0.1, 0.15) is 24.9 Å². The Morgan fingerprint density at radius 3 is 2.03 bits per heavy atom. The monoisotopic (exact) mass is 387 g/mol. The van der Waals surface area contributed by atoms with E-state index in [1.807, 2.05) is 55.5 Å². The number of carbonyl (C=O) groups excluding carboxylic acids is 2. The highest BCUT2D eigenvalue weighted by Crippen LogP contribution is 2.21. The summed E-state index contributed by atoms with van der Waals surface area (Å²) in [4.78, 5) is 24.0. The minimum atomic E-state index is -0.325. The predicted octanol–water partition coefficient (Wildman–Crippen LogP) is 4.74. The predicted molar refractivity (Wildman–Crippen MR) is 117 cm³/mol. The van der Waals surface area contributed by atoms with E-state index in [9.17, 15) is 9.59 Å². The molecule has 3 N–H and O–H groups in total. The van der Waals surface area contributed by atoms with Gasteiger partial charge in [-0.15, -0.1) is 0 Å². The van der Waals surface area contributed by atoms with E-state index in [2.05, 4.69) is 40.2 Å². The molecule has 0 aliphatic rings. The first kappa shape index (κ1) is 20.1. The Kier molecular flexibility index (Phi) is 7.00. The molecule has 1 atom stereocenters. The molecule has 3 amide bonds. The molecule has 5 nitrogen and oxygen atoms in total. The Morgan fingerprint density at radius 1 is 0.793 bits per heavy atom. The van der Waals surface area contributed by atoms with Crippen molar-refractivity contribution in [1.82, 2.24) is 10.6 Å². The Morgan fingerprint density at radius 2 is 1.38 bits per heavy atom. The molecule has 3 aromatic carbocycles. The molecule has 0 aromatic heterocycles. The number of hydrogen-bond donors (Lipinski definition) is 3. The van der Waals surface area contributed by atoms with E-state index in [1.165, 1.54) is 0 Å². The summed E-state index contributed by atoms with van der Waals surface area (Å²) in [6.07, 6.45) is 0.217. The van der Waals surface area contributed by atoms with Gasteiger partial charge in [0.1, 0.15) is 0 Å². The van der Waals surface area contributed by atoms with Crippen LogP contribution in [0.15, 0.2) is 84.9 Å². The average molecular weight is 387 g/mol. The number of carbonyl (C=O) groups is 2. The maximum absolute atomic E-state index is 12.2. The molecule has 0 saturated carbocycles. The zero-order valence-electron chi connectivity index (χ0n) is 16.4. The van der Waals surface area contributed by atoms with E-state index in [0.29, 0.717) is 5.69 Å². The first-order chi connectivity index (χ1) is 14.1. The van der Waals surface area contributed by atoms with Crippen LogP contribution in [0.25, 0.3) is 11.1 Å². The first-order valence-electron chi connectivity index (χ1n) is 9.66. The van der Waals surface area contributed by atoms with Crippen LogP contribution in [-0.2, 0) is 4.79 Å². The summed E-state index contributed by atoms with van der Waals surface area (Å²) in [6.45, 7) is 2.22. The van der Waals surface area contributed by atoms with Crippen LogP contribution in [0, 0.1) is 0 Å². The van der Waals surface area contributed by atoms with Gasteiger partial charge in [0, 0.05) is 18.7 Å². The molecule has 0 heterocycles. The third-order valence-electron chi connectivity index (χ3n) is 4.56. The lowest BCUT2D eigenvalue weighted by Crippen LogP contribution is -2.34. The maximum Gasteiger partial charge on any atom is 0.319 e. The van der Waals surface area contributed by atoms with E-state index in [4.69, 9.17) is 0 Å². The highest BCUT2D eigenvalue weighted by Gasteiger charge is 2.10. The molecule has 5 heteroatoms. The summed E-state index contributed by atoms with van der Waals surface area (Å²) in [5, 5.41) is 8.38.